The van der Waals surface area contributed by atoms with Crippen molar-refractivity contribution < 1.29 is 19.1 Å². The minimum absolute atomic E-state index is 0.0285. The van der Waals surface area contributed by atoms with Crippen LogP contribution in [0.3, 0.4) is 0 Å². The van der Waals surface area contributed by atoms with E-state index in [9.17, 15) is 9.59 Å². The van der Waals surface area contributed by atoms with Gasteiger partial charge in [0.1, 0.15) is 0 Å². The van der Waals surface area contributed by atoms with Crippen LogP contribution in [0.25, 0.3) is 0 Å². The zero-order valence-electron chi connectivity index (χ0n) is 14.7. The van der Waals surface area contributed by atoms with E-state index in [4.69, 9.17) is 21.1 Å². The van der Waals surface area contributed by atoms with Crippen LogP contribution >= 0.6 is 11.6 Å². The summed E-state index contributed by atoms with van der Waals surface area (Å²) in [6, 6.07) is 12.2. The predicted octanol–water partition coefficient (Wildman–Crippen LogP) is 2.71. The molecule has 0 aromatic heterocycles. The van der Waals surface area contributed by atoms with Crippen molar-refractivity contribution in [2.45, 2.75) is 0 Å². The molecule has 6 nitrogen and oxygen atoms in total. The van der Waals surface area contributed by atoms with Gasteiger partial charge in [-0.3, -0.25) is 14.5 Å². The highest BCUT2D eigenvalue weighted by atomic mass is 35.5. The summed E-state index contributed by atoms with van der Waals surface area (Å²) in [5.41, 5.74) is 1.20. The van der Waals surface area contributed by atoms with Crippen molar-refractivity contribution >= 4 is 23.3 Å². The molecule has 0 saturated carbocycles. The fourth-order valence-corrected chi connectivity index (χ4v) is 3.47. The molecular weight excluding hydrogens is 368 g/mol. The maximum absolute atomic E-state index is 12.6. The molecule has 1 fully saturated rings. The molecule has 4 rings (SSSR count). The minimum Gasteiger partial charge on any atom is -0.454 e. The van der Waals surface area contributed by atoms with Crippen molar-refractivity contribution in [2.75, 3.05) is 39.5 Å². The fraction of sp³-hybridized carbons (Fsp3) is 0.300. The molecule has 2 aromatic carbocycles. The number of Topliss-reactive ketones (excluding diaryl/α,β-unsaturated/α-hetero) is 1. The van der Waals surface area contributed by atoms with E-state index in [1.165, 1.54) is 0 Å². The summed E-state index contributed by atoms with van der Waals surface area (Å²) in [5.74, 6) is 1.28. The Hall–Kier alpha value is -2.57. The van der Waals surface area contributed by atoms with Crippen molar-refractivity contribution in [1.29, 1.82) is 0 Å². The number of carbonyl (C=O) groups excluding carboxylic acids is 2. The van der Waals surface area contributed by atoms with E-state index in [0.29, 0.717) is 60.4 Å². The number of rotatable bonds is 4. The highest BCUT2D eigenvalue weighted by molar-refractivity contribution is 6.30. The molecule has 2 aliphatic rings. The molecule has 0 atom stereocenters. The van der Waals surface area contributed by atoms with Crippen molar-refractivity contribution in [3.05, 3.63) is 58.6 Å². The van der Waals surface area contributed by atoms with E-state index in [1.54, 1.807) is 47.4 Å². The van der Waals surface area contributed by atoms with Gasteiger partial charge in [-0.25, -0.2) is 0 Å². The topological polar surface area (TPSA) is 59.1 Å². The van der Waals surface area contributed by atoms with Crippen molar-refractivity contribution in [2.24, 2.45) is 0 Å². The Bertz CT molecular complexity index is 878. The maximum atomic E-state index is 12.6. The van der Waals surface area contributed by atoms with E-state index in [2.05, 4.69) is 4.90 Å². The molecule has 0 N–H and O–H groups in total. The summed E-state index contributed by atoms with van der Waals surface area (Å²) in [4.78, 5) is 29.0. The summed E-state index contributed by atoms with van der Waals surface area (Å²) in [6.07, 6.45) is 0. The van der Waals surface area contributed by atoms with Gasteiger partial charge in [-0.05, 0) is 36.4 Å². The lowest BCUT2D eigenvalue weighted by Crippen LogP contribution is -2.49. The lowest BCUT2D eigenvalue weighted by Gasteiger charge is -2.34. The van der Waals surface area contributed by atoms with Gasteiger partial charge in [0, 0.05) is 42.3 Å². The highest BCUT2D eigenvalue weighted by Crippen LogP contribution is 2.32. The minimum atomic E-state index is -0.0285. The monoisotopic (exact) mass is 386 g/mol. The number of carbonyl (C=O) groups is 2. The molecule has 27 heavy (non-hydrogen) atoms. The van der Waals surface area contributed by atoms with Gasteiger partial charge in [0.2, 0.25) is 6.79 Å². The molecule has 0 bridgehead atoms. The number of ether oxygens (including phenoxy) is 2. The number of halogens is 1. The van der Waals surface area contributed by atoms with Crippen LogP contribution < -0.4 is 9.47 Å². The van der Waals surface area contributed by atoms with Crippen LogP contribution in [0.2, 0.25) is 5.02 Å². The molecule has 1 amide bonds. The highest BCUT2D eigenvalue weighted by Gasteiger charge is 2.24. The molecule has 2 aliphatic heterocycles. The van der Waals surface area contributed by atoms with Gasteiger partial charge in [0.15, 0.2) is 17.3 Å². The predicted molar refractivity (Wildman–Crippen MR) is 101 cm³/mol. The largest absolute Gasteiger partial charge is 0.454 e. The molecule has 0 unspecified atom stereocenters. The zero-order valence-corrected chi connectivity index (χ0v) is 15.4. The quantitative estimate of drug-likeness (QED) is 0.756. The van der Waals surface area contributed by atoms with Crippen LogP contribution in [0, 0.1) is 0 Å². The third-order valence-corrected chi connectivity index (χ3v) is 5.03. The summed E-state index contributed by atoms with van der Waals surface area (Å²) in [5, 5.41) is 0.550. The summed E-state index contributed by atoms with van der Waals surface area (Å²) >= 11 is 5.97. The van der Waals surface area contributed by atoms with Crippen molar-refractivity contribution in [3.63, 3.8) is 0 Å². The van der Waals surface area contributed by atoms with Crippen LogP contribution in [-0.2, 0) is 0 Å². The normalized spacial score (nSPS) is 16.4. The summed E-state index contributed by atoms with van der Waals surface area (Å²) in [6.45, 7) is 2.99. The van der Waals surface area contributed by atoms with Crippen LogP contribution in [0.1, 0.15) is 20.7 Å². The number of piperazine rings is 1. The number of amides is 1. The molecule has 0 aliphatic carbocycles. The Labute approximate surface area is 162 Å². The van der Waals surface area contributed by atoms with Gasteiger partial charge >= 0.3 is 0 Å². The Morgan fingerprint density at radius 2 is 1.70 bits per heavy atom. The molecule has 140 valence electrons. The molecule has 7 heteroatoms. The first-order chi connectivity index (χ1) is 13.1. The van der Waals surface area contributed by atoms with E-state index in [0.717, 1.165) is 0 Å². The molecular formula is C20H19ClN2O4. The second kappa shape index (κ2) is 7.58. The molecule has 0 spiro atoms. The van der Waals surface area contributed by atoms with Crippen LogP contribution in [-0.4, -0.2) is 61.0 Å². The van der Waals surface area contributed by atoms with Crippen LogP contribution in [0.15, 0.2) is 42.5 Å². The van der Waals surface area contributed by atoms with Crippen molar-refractivity contribution in [3.8, 4) is 11.5 Å². The first kappa shape index (κ1) is 17.8. The fourth-order valence-electron chi connectivity index (χ4n) is 3.28. The van der Waals surface area contributed by atoms with Gasteiger partial charge in [-0.1, -0.05) is 17.7 Å². The summed E-state index contributed by atoms with van der Waals surface area (Å²) in [7, 11) is 0. The Balaban J connectivity index is 1.33. The second-order valence-corrected chi connectivity index (χ2v) is 7.01. The number of benzene rings is 2. The van der Waals surface area contributed by atoms with E-state index in [-0.39, 0.29) is 18.5 Å². The molecule has 2 heterocycles. The first-order valence-corrected chi connectivity index (χ1v) is 9.18. The van der Waals surface area contributed by atoms with E-state index >= 15 is 0 Å². The number of fused-ring (bicyclic) bond motifs is 1. The van der Waals surface area contributed by atoms with Gasteiger partial charge < -0.3 is 14.4 Å². The Kier molecular flexibility index (Phi) is 5.01. The summed E-state index contributed by atoms with van der Waals surface area (Å²) < 4.78 is 10.6. The van der Waals surface area contributed by atoms with Gasteiger partial charge in [-0.15, -0.1) is 0 Å². The van der Waals surface area contributed by atoms with E-state index < -0.39 is 0 Å². The standard InChI is InChI=1S/C20H19ClN2O4/c21-16-3-1-2-15(10-16)20(25)23-8-6-22(7-9-23)12-17(24)14-4-5-18-19(11-14)27-13-26-18/h1-5,10-11H,6-9,12-13H2. The SMILES string of the molecule is O=C(CN1CCN(C(=O)c2cccc(Cl)c2)CC1)c1ccc2c(c1)OCO2. The smallest absolute Gasteiger partial charge is 0.253 e. The van der Waals surface area contributed by atoms with Crippen LogP contribution in [0.5, 0.6) is 11.5 Å². The van der Waals surface area contributed by atoms with E-state index in [1.807, 2.05) is 0 Å². The molecule has 1 saturated heterocycles. The van der Waals surface area contributed by atoms with Gasteiger partial charge in [0.25, 0.3) is 5.91 Å². The maximum Gasteiger partial charge on any atom is 0.253 e. The van der Waals surface area contributed by atoms with Gasteiger partial charge in [0.05, 0.1) is 6.54 Å². The lowest BCUT2D eigenvalue weighted by molar-refractivity contribution is 0.0624. The first-order valence-electron chi connectivity index (χ1n) is 8.80. The average Bonchev–Trinajstić information content (AvgIpc) is 3.16. The molecule has 2 aromatic rings. The molecule has 0 radical (unpaired) electrons. The van der Waals surface area contributed by atoms with Gasteiger partial charge in [-0.2, -0.15) is 0 Å². The Morgan fingerprint density at radius 1 is 0.926 bits per heavy atom. The zero-order chi connectivity index (χ0) is 18.8. The third-order valence-electron chi connectivity index (χ3n) is 4.79. The number of nitrogens with zero attached hydrogens (tertiary/aromatic N) is 2. The average molecular weight is 387 g/mol. The lowest BCUT2D eigenvalue weighted by atomic mass is 10.1. The van der Waals surface area contributed by atoms with Crippen molar-refractivity contribution in [1.82, 2.24) is 9.80 Å². The van der Waals surface area contributed by atoms with Crippen LogP contribution in [0.4, 0.5) is 0 Å². The number of ketones is 1. The third kappa shape index (κ3) is 3.91. The Morgan fingerprint density at radius 3 is 2.48 bits per heavy atom. The number of hydrogen-bond donors (Lipinski definition) is 0. The second-order valence-electron chi connectivity index (χ2n) is 6.57. The number of hydrogen-bond acceptors (Lipinski definition) is 5.